The van der Waals surface area contributed by atoms with E-state index in [1.807, 2.05) is 24.1 Å². The summed E-state index contributed by atoms with van der Waals surface area (Å²) in [6.45, 7) is 0. The van der Waals surface area contributed by atoms with Gasteiger partial charge >= 0.3 is 0 Å². The first-order valence-electron chi connectivity index (χ1n) is 4.48. The molecule has 15 heavy (non-hydrogen) atoms. The van der Waals surface area contributed by atoms with Crippen molar-refractivity contribution in [1.82, 2.24) is 15.0 Å². The van der Waals surface area contributed by atoms with E-state index in [4.69, 9.17) is 5.73 Å². The van der Waals surface area contributed by atoms with Gasteiger partial charge in [0.05, 0.1) is 24.3 Å². The summed E-state index contributed by atoms with van der Waals surface area (Å²) >= 11 is 0. The molecule has 0 aliphatic carbocycles. The lowest BCUT2D eigenvalue weighted by molar-refractivity contribution is 1.08. The Labute approximate surface area is 87.6 Å². The third-order valence-corrected chi connectivity index (χ3v) is 2.04. The molecule has 0 aromatic carbocycles. The summed E-state index contributed by atoms with van der Waals surface area (Å²) in [4.78, 5) is 14.1. The Morgan fingerprint density at radius 3 is 2.67 bits per heavy atom. The van der Waals surface area contributed by atoms with Crippen molar-refractivity contribution in [3.63, 3.8) is 0 Å². The molecule has 2 aromatic rings. The van der Waals surface area contributed by atoms with Crippen LogP contribution in [0.5, 0.6) is 0 Å². The molecule has 0 saturated carbocycles. The zero-order chi connectivity index (χ0) is 10.7. The number of rotatable bonds is 2. The summed E-state index contributed by atoms with van der Waals surface area (Å²) in [5.74, 6) is 1.15. The molecule has 0 aliphatic rings. The first kappa shape index (κ1) is 9.39. The van der Waals surface area contributed by atoms with Crippen LogP contribution in [0.2, 0.25) is 0 Å². The van der Waals surface area contributed by atoms with E-state index in [1.54, 1.807) is 18.6 Å². The molecule has 0 spiro atoms. The second-order valence-electron chi connectivity index (χ2n) is 3.07. The normalized spacial score (nSPS) is 9.93. The van der Waals surface area contributed by atoms with Crippen LogP contribution in [-0.2, 0) is 0 Å². The van der Waals surface area contributed by atoms with E-state index in [1.165, 1.54) is 6.20 Å². The fraction of sp³-hybridized carbons (Fsp3) is 0.100. The Balaban J connectivity index is 2.29. The molecule has 0 saturated heterocycles. The average molecular weight is 201 g/mol. The molecule has 0 amide bonds. The van der Waals surface area contributed by atoms with E-state index in [9.17, 15) is 0 Å². The molecular weight excluding hydrogens is 190 g/mol. The van der Waals surface area contributed by atoms with Crippen LogP contribution in [0.3, 0.4) is 0 Å². The molecule has 0 aliphatic heterocycles. The zero-order valence-corrected chi connectivity index (χ0v) is 8.33. The molecule has 2 aromatic heterocycles. The lowest BCUT2D eigenvalue weighted by atomic mass is 10.4. The van der Waals surface area contributed by atoms with Gasteiger partial charge in [-0.1, -0.05) is 0 Å². The van der Waals surface area contributed by atoms with E-state index >= 15 is 0 Å². The van der Waals surface area contributed by atoms with Gasteiger partial charge in [0, 0.05) is 13.2 Å². The second kappa shape index (κ2) is 3.91. The van der Waals surface area contributed by atoms with Crippen LogP contribution in [0.4, 0.5) is 17.3 Å². The maximum Gasteiger partial charge on any atom is 0.151 e. The largest absolute Gasteiger partial charge is 0.382 e. The molecule has 0 atom stereocenters. The van der Waals surface area contributed by atoms with E-state index < -0.39 is 0 Å². The van der Waals surface area contributed by atoms with Crippen LogP contribution < -0.4 is 10.6 Å². The van der Waals surface area contributed by atoms with Crippen molar-refractivity contribution >= 4 is 17.3 Å². The van der Waals surface area contributed by atoms with Gasteiger partial charge in [-0.05, 0) is 12.1 Å². The molecule has 76 valence electrons. The quantitative estimate of drug-likeness (QED) is 0.791. The summed E-state index contributed by atoms with van der Waals surface area (Å²) in [6.07, 6.45) is 6.65. The summed E-state index contributed by atoms with van der Waals surface area (Å²) in [7, 11) is 1.90. The van der Waals surface area contributed by atoms with Crippen molar-refractivity contribution in [3.05, 3.63) is 36.9 Å². The maximum absolute atomic E-state index is 5.46. The highest BCUT2D eigenvalue weighted by atomic mass is 15.2. The van der Waals surface area contributed by atoms with Gasteiger partial charge in [-0.2, -0.15) is 0 Å². The molecule has 0 fully saturated rings. The highest BCUT2D eigenvalue weighted by Gasteiger charge is 2.04. The fourth-order valence-electron chi connectivity index (χ4n) is 1.19. The standard InChI is InChI=1S/C10H11N5/c1-15(8-3-2-4-12-5-8)10-7-13-9(11)6-14-10/h2-7H,1H3,(H2,11,13). The number of nitrogen functional groups attached to an aromatic ring is 1. The number of pyridine rings is 1. The highest BCUT2D eigenvalue weighted by molar-refractivity contribution is 5.57. The lowest BCUT2D eigenvalue weighted by Gasteiger charge is -2.16. The van der Waals surface area contributed by atoms with Gasteiger partial charge in [-0.15, -0.1) is 0 Å². The molecule has 0 bridgehead atoms. The van der Waals surface area contributed by atoms with E-state index in [0.29, 0.717) is 5.82 Å². The van der Waals surface area contributed by atoms with Gasteiger partial charge in [0.1, 0.15) is 5.82 Å². The number of nitrogens with two attached hydrogens (primary N) is 1. The Morgan fingerprint density at radius 1 is 1.20 bits per heavy atom. The van der Waals surface area contributed by atoms with Gasteiger partial charge < -0.3 is 10.6 Å². The van der Waals surface area contributed by atoms with Crippen molar-refractivity contribution in [2.24, 2.45) is 0 Å². The monoisotopic (exact) mass is 201 g/mol. The second-order valence-corrected chi connectivity index (χ2v) is 3.07. The molecule has 2 heterocycles. The predicted octanol–water partition coefficient (Wildman–Crippen LogP) is 1.22. The number of aromatic nitrogens is 3. The van der Waals surface area contributed by atoms with Gasteiger partial charge in [0.15, 0.2) is 5.82 Å². The van der Waals surface area contributed by atoms with Crippen LogP contribution in [0.15, 0.2) is 36.9 Å². The van der Waals surface area contributed by atoms with Crippen LogP contribution in [-0.4, -0.2) is 22.0 Å². The highest BCUT2D eigenvalue weighted by Crippen LogP contribution is 2.18. The van der Waals surface area contributed by atoms with E-state index in [-0.39, 0.29) is 0 Å². The van der Waals surface area contributed by atoms with E-state index in [2.05, 4.69) is 15.0 Å². The number of anilines is 3. The first-order valence-corrected chi connectivity index (χ1v) is 4.48. The van der Waals surface area contributed by atoms with Gasteiger partial charge in [0.25, 0.3) is 0 Å². The fourth-order valence-corrected chi connectivity index (χ4v) is 1.19. The molecule has 0 unspecified atom stereocenters. The summed E-state index contributed by atoms with van der Waals surface area (Å²) in [5.41, 5.74) is 6.42. The smallest absolute Gasteiger partial charge is 0.151 e. The van der Waals surface area contributed by atoms with Crippen molar-refractivity contribution in [3.8, 4) is 0 Å². The van der Waals surface area contributed by atoms with Crippen molar-refractivity contribution < 1.29 is 0 Å². The molecule has 0 radical (unpaired) electrons. The number of hydrogen-bond donors (Lipinski definition) is 1. The van der Waals surface area contributed by atoms with Crippen LogP contribution in [0.1, 0.15) is 0 Å². The Kier molecular flexibility index (Phi) is 2.45. The predicted molar refractivity (Wildman–Crippen MR) is 58.7 cm³/mol. The third-order valence-electron chi connectivity index (χ3n) is 2.04. The van der Waals surface area contributed by atoms with E-state index in [0.717, 1.165) is 11.5 Å². The number of nitrogens with zero attached hydrogens (tertiary/aromatic N) is 4. The summed E-state index contributed by atoms with van der Waals surface area (Å²) in [5, 5.41) is 0. The molecule has 2 rings (SSSR count). The van der Waals surface area contributed by atoms with Crippen molar-refractivity contribution in [2.45, 2.75) is 0 Å². The van der Waals surface area contributed by atoms with Gasteiger partial charge in [0.2, 0.25) is 0 Å². The molecule has 5 nitrogen and oxygen atoms in total. The Morgan fingerprint density at radius 2 is 2.07 bits per heavy atom. The van der Waals surface area contributed by atoms with Gasteiger partial charge in [-0.3, -0.25) is 4.98 Å². The average Bonchev–Trinajstić information content (AvgIpc) is 2.30. The maximum atomic E-state index is 5.46. The topological polar surface area (TPSA) is 67.9 Å². The summed E-state index contributed by atoms with van der Waals surface area (Å²) < 4.78 is 0. The molecule has 5 heteroatoms. The van der Waals surface area contributed by atoms with Crippen LogP contribution in [0.25, 0.3) is 0 Å². The minimum Gasteiger partial charge on any atom is -0.382 e. The Bertz CT molecular complexity index is 425. The SMILES string of the molecule is CN(c1cccnc1)c1cnc(N)cn1. The first-order chi connectivity index (χ1) is 7.27. The van der Waals surface area contributed by atoms with Crippen LogP contribution in [0, 0.1) is 0 Å². The van der Waals surface area contributed by atoms with Crippen molar-refractivity contribution in [1.29, 1.82) is 0 Å². The minimum absolute atomic E-state index is 0.415. The summed E-state index contributed by atoms with van der Waals surface area (Å²) in [6, 6.07) is 3.82. The molecular formula is C10H11N5. The van der Waals surface area contributed by atoms with Gasteiger partial charge in [-0.25, -0.2) is 9.97 Å². The Hall–Kier alpha value is -2.17. The minimum atomic E-state index is 0.415. The molecule has 2 N–H and O–H groups in total. The zero-order valence-electron chi connectivity index (χ0n) is 8.33. The third kappa shape index (κ3) is 2.01. The lowest BCUT2D eigenvalue weighted by Crippen LogP contribution is -2.11. The number of hydrogen-bond acceptors (Lipinski definition) is 5. The van der Waals surface area contributed by atoms with Crippen molar-refractivity contribution in [2.75, 3.05) is 17.7 Å². The van der Waals surface area contributed by atoms with Crippen LogP contribution >= 0.6 is 0 Å².